The summed E-state index contributed by atoms with van der Waals surface area (Å²) in [6.45, 7) is 2.92. The van der Waals surface area contributed by atoms with E-state index in [1.807, 2.05) is 0 Å². The average Bonchev–Trinajstić information content (AvgIpc) is 1.54. The van der Waals surface area contributed by atoms with Gasteiger partial charge in [0, 0.05) is 17.9 Å². The second-order valence-electron chi connectivity index (χ2n) is 1.47. The van der Waals surface area contributed by atoms with Crippen LogP contribution in [0.2, 0.25) is 0 Å². The number of carbonyl (C=O) groups is 3. The van der Waals surface area contributed by atoms with Crippen molar-refractivity contribution in [1.29, 1.82) is 0 Å². The van der Waals surface area contributed by atoms with Crippen LogP contribution in [0.25, 0.3) is 0 Å². The largest absolute Gasteiger partial charge is 3.00 e. The van der Waals surface area contributed by atoms with Crippen LogP contribution >= 0.6 is 0 Å². The number of hydrogen-bond acceptors (Lipinski definition) is 6. The molecule has 0 radical (unpaired) electrons. The summed E-state index contributed by atoms with van der Waals surface area (Å²) >= 11 is 0. The van der Waals surface area contributed by atoms with Gasteiger partial charge in [0.15, 0.2) is 0 Å². The molecule has 0 aromatic rings. The third-order valence-corrected chi connectivity index (χ3v) is 0. The first-order valence-corrected chi connectivity index (χ1v) is 2.72. The van der Waals surface area contributed by atoms with E-state index in [1.54, 1.807) is 0 Å². The second-order valence-corrected chi connectivity index (χ2v) is 1.47. The van der Waals surface area contributed by atoms with E-state index in [-0.39, 0.29) is 44.1 Å². The zero-order chi connectivity index (χ0) is 10.7. The van der Waals surface area contributed by atoms with E-state index < -0.39 is 17.9 Å². The van der Waals surface area contributed by atoms with Crippen LogP contribution in [0.3, 0.4) is 0 Å². The SMILES string of the molecule is CC(=O)[O-].CC(=O)[O-].CC(=O)[O-].O.[Tb+3]. The van der Waals surface area contributed by atoms with Gasteiger partial charge < -0.3 is 35.2 Å². The number of aliphatic carboxylic acids is 3. The molecule has 8 heteroatoms. The molecular formula is C6H11O7Tb. The molecule has 0 heterocycles. The van der Waals surface area contributed by atoms with Gasteiger partial charge in [-0.15, -0.1) is 0 Å². The Morgan fingerprint density at radius 2 is 0.714 bits per heavy atom. The topological polar surface area (TPSA) is 152 Å². The molecule has 0 saturated carbocycles. The molecular weight excluding hydrogens is 343 g/mol. The molecule has 0 aromatic carbocycles. The van der Waals surface area contributed by atoms with Gasteiger partial charge >= 0.3 is 38.6 Å². The van der Waals surface area contributed by atoms with Crippen molar-refractivity contribution in [2.45, 2.75) is 20.8 Å². The Kier molecular flexibility index (Phi) is 47.9. The maximum absolute atomic E-state index is 8.89. The predicted octanol–water partition coefficient (Wildman–Crippen LogP) is -4.56. The molecule has 0 saturated heterocycles. The van der Waals surface area contributed by atoms with E-state index in [0.29, 0.717) is 0 Å². The van der Waals surface area contributed by atoms with Crippen LogP contribution < -0.4 is 15.3 Å². The van der Waals surface area contributed by atoms with Crippen molar-refractivity contribution in [2.75, 3.05) is 0 Å². The van der Waals surface area contributed by atoms with Crippen LogP contribution in [0.4, 0.5) is 0 Å². The van der Waals surface area contributed by atoms with Crippen LogP contribution in [0.15, 0.2) is 0 Å². The van der Waals surface area contributed by atoms with E-state index >= 15 is 0 Å². The van der Waals surface area contributed by atoms with E-state index in [1.165, 1.54) is 0 Å². The van der Waals surface area contributed by atoms with Gasteiger partial charge in [-0.3, -0.25) is 0 Å². The summed E-state index contributed by atoms with van der Waals surface area (Å²) in [4.78, 5) is 26.7. The molecule has 0 atom stereocenters. The Morgan fingerprint density at radius 1 is 0.714 bits per heavy atom. The number of carbonyl (C=O) groups excluding carboxylic acids is 3. The maximum atomic E-state index is 8.89. The molecule has 0 fully saturated rings. The van der Waals surface area contributed by atoms with Crippen molar-refractivity contribution >= 4 is 17.9 Å². The third-order valence-electron chi connectivity index (χ3n) is 0. The quantitative estimate of drug-likeness (QED) is 0.427. The minimum atomic E-state index is -1.08. The van der Waals surface area contributed by atoms with Crippen LogP contribution in [-0.2, 0) is 14.4 Å². The molecule has 0 rings (SSSR count). The van der Waals surface area contributed by atoms with Crippen LogP contribution in [0.1, 0.15) is 20.8 Å². The summed E-state index contributed by atoms with van der Waals surface area (Å²) < 4.78 is 0. The van der Waals surface area contributed by atoms with Crippen molar-refractivity contribution in [3.63, 3.8) is 0 Å². The summed E-state index contributed by atoms with van der Waals surface area (Å²) in [5.74, 6) is -3.25. The minimum Gasteiger partial charge on any atom is -0.550 e. The first kappa shape index (κ1) is 29.2. The number of carboxylic acids is 3. The number of rotatable bonds is 0. The van der Waals surface area contributed by atoms with Gasteiger partial charge in [-0.05, 0) is 20.8 Å². The van der Waals surface area contributed by atoms with E-state index in [2.05, 4.69) is 0 Å². The third kappa shape index (κ3) is 11200. The van der Waals surface area contributed by atoms with Crippen molar-refractivity contribution < 1.29 is 73.8 Å². The van der Waals surface area contributed by atoms with Gasteiger partial charge in [0.1, 0.15) is 0 Å². The minimum absolute atomic E-state index is 0. The van der Waals surface area contributed by atoms with Gasteiger partial charge in [-0.25, -0.2) is 0 Å². The van der Waals surface area contributed by atoms with Crippen molar-refractivity contribution in [3.8, 4) is 0 Å². The molecule has 0 aliphatic heterocycles. The second kappa shape index (κ2) is 22.9. The van der Waals surface area contributed by atoms with Gasteiger partial charge in [0.2, 0.25) is 0 Å². The zero-order valence-corrected chi connectivity index (χ0v) is 9.92. The summed E-state index contributed by atoms with van der Waals surface area (Å²) in [6, 6.07) is 0. The molecule has 0 aliphatic carbocycles. The fourth-order valence-corrected chi connectivity index (χ4v) is 0. The Labute approximate surface area is 112 Å². The molecule has 0 unspecified atom stereocenters. The molecule has 7 nitrogen and oxygen atoms in total. The monoisotopic (exact) mass is 354 g/mol. The van der Waals surface area contributed by atoms with Crippen LogP contribution in [-0.4, -0.2) is 23.4 Å². The Balaban J connectivity index is -0.0000000270. The Bertz CT molecular complexity index is 116. The fourth-order valence-electron chi connectivity index (χ4n) is 0. The molecule has 0 amide bonds. The first-order valence-electron chi connectivity index (χ1n) is 2.72. The molecule has 0 spiro atoms. The molecule has 86 valence electrons. The van der Waals surface area contributed by atoms with Gasteiger partial charge in [0.05, 0.1) is 0 Å². The molecule has 2 N–H and O–H groups in total. The van der Waals surface area contributed by atoms with Crippen molar-refractivity contribution in [2.24, 2.45) is 0 Å². The molecule has 14 heavy (non-hydrogen) atoms. The van der Waals surface area contributed by atoms with E-state index in [4.69, 9.17) is 29.7 Å². The first-order chi connectivity index (χ1) is 5.20. The van der Waals surface area contributed by atoms with Crippen LogP contribution in [0.5, 0.6) is 0 Å². The van der Waals surface area contributed by atoms with Gasteiger partial charge in [-0.2, -0.15) is 0 Å². The Morgan fingerprint density at radius 3 is 0.714 bits per heavy atom. The van der Waals surface area contributed by atoms with Gasteiger partial charge in [-0.1, -0.05) is 0 Å². The van der Waals surface area contributed by atoms with E-state index in [9.17, 15) is 0 Å². The molecule has 0 aromatic heterocycles. The van der Waals surface area contributed by atoms with Crippen LogP contribution in [0, 0.1) is 38.6 Å². The zero-order valence-electron chi connectivity index (χ0n) is 7.78. The standard InChI is InChI=1S/3C2H4O2.H2O.Tb/c3*1-2(3)4;;/h3*1H3,(H,3,4);1H2;/q;;;;+3/p-3. The number of hydrogen-bond donors (Lipinski definition) is 0. The van der Waals surface area contributed by atoms with E-state index in [0.717, 1.165) is 20.8 Å². The fraction of sp³-hybridized carbons (Fsp3) is 0.500. The predicted molar refractivity (Wildman–Crippen MR) is 35.7 cm³/mol. The average molecular weight is 354 g/mol. The summed E-state index contributed by atoms with van der Waals surface area (Å²) in [5.41, 5.74) is 0. The van der Waals surface area contributed by atoms with Gasteiger partial charge in [0.25, 0.3) is 0 Å². The summed E-state index contributed by atoms with van der Waals surface area (Å²) in [6.07, 6.45) is 0. The van der Waals surface area contributed by atoms with Crippen molar-refractivity contribution in [1.82, 2.24) is 0 Å². The summed E-state index contributed by atoms with van der Waals surface area (Å²) in [5, 5.41) is 26.7. The maximum Gasteiger partial charge on any atom is 3.00 e. The van der Waals surface area contributed by atoms with Crippen molar-refractivity contribution in [3.05, 3.63) is 0 Å². The molecule has 0 bridgehead atoms. The normalized spacial score (nSPS) is 5.36. The smallest absolute Gasteiger partial charge is 0.550 e. The summed E-state index contributed by atoms with van der Waals surface area (Å²) in [7, 11) is 0. The molecule has 0 aliphatic rings. The number of carboxylic acid groups (broad SMARTS) is 3. The Hall–Kier alpha value is -0.344.